The molecule has 0 saturated carbocycles. The van der Waals surface area contributed by atoms with Crippen molar-refractivity contribution in [2.45, 2.75) is 18.6 Å². The van der Waals surface area contributed by atoms with Gasteiger partial charge < -0.3 is 15.8 Å². The highest BCUT2D eigenvalue weighted by atomic mass is 79.9. The molecule has 0 heterocycles. The average Bonchev–Trinajstić information content (AvgIpc) is 2.59. The zero-order valence-corrected chi connectivity index (χ0v) is 15.8. The quantitative estimate of drug-likeness (QED) is 0.731. The van der Waals surface area contributed by atoms with Crippen LogP contribution in [0.1, 0.15) is 23.6 Å². The topological polar surface area (TPSA) is 64.3 Å². The lowest BCUT2D eigenvalue weighted by molar-refractivity contribution is -0.123. The Morgan fingerprint density at radius 2 is 1.71 bits per heavy atom. The smallest absolute Gasteiger partial charge is 0.223 e. The number of rotatable bonds is 7. The summed E-state index contributed by atoms with van der Waals surface area (Å²) in [5, 5.41) is 3.08. The van der Waals surface area contributed by atoms with E-state index in [2.05, 4.69) is 21.2 Å². The van der Waals surface area contributed by atoms with Crippen molar-refractivity contribution < 1.29 is 9.53 Å². The minimum atomic E-state index is -0.267. The van der Waals surface area contributed by atoms with Gasteiger partial charge in [-0.25, -0.2) is 0 Å². The van der Waals surface area contributed by atoms with E-state index in [4.69, 9.17) is 10.5 Å². The van der Waals surface area contributed by atoms with E-state index in [-0.39, 0.29) is 36.9 Å². The molecular formula is C18H22BrClN2O2. The predicted molar refractivity (Wildman–Crippen MR) is 102 cm³/mol. The number of benzene rings is 2. The number of ether oxygens (including phenoxy) is 1. The first-order valence-electron chi connectivity index (χ1n) is 7.46. The molecule has 0 aliphatic rings. The second-order valence-electron chi connectivity index (χ2n) is 5.26. The molecule has 1 amide bonds. The lowest BCUT2D eigenvalue weighted by atomic mass is 9.98. The number of nitrogens with two attached hydrogens (primary N) is 1. The van der Waals surface area contributed by atoms with Crippen molar-refractivity contribution in [3.63, 3.8) is 0 Å². The number of nitrogens with one attached hydrogen (secondary N) is 1. The minimum absolute atomic E-state index is 0. The van der Waals surface area contributed by atoms with Crippen LogP contribution in [0.3, 0.4) is 0 Å². The van der Waals surface area contributed by atoms with Gasteiger partial charge in [-0.05, 0) is 23.3 Å². The molecule has 0 fully saturated rings. The summed E-state index contributed by atoms with van der Waals surface area (Å²) >= 11 is 3.44. The highest BCUT2D eigenvalue weighted by Crippen LogP contribution is 2.24. The highest BCUT2D eigenvalue weighted by molar-refractivity contribution is 9.10. The fourth-order valence-corrected chi connectivity index (χ4v) is 2.61. The van der Waals surface area contributed by atoms with Gasteiger partial charge in [0.25, 0.3) is 0 Å². The van der Waals surface area contributed by atoms with E-state index in [0.29, 0.717) is 6.54 Å². The van der Waals surface area contributed by atoms with E-state index in [1.165, 1.54) is 0 Å². The molecule has 0 spiro atoms. The van der Waals surface area contributed by atoms with Crippen LogP contribution in [0.2, 0.25) is 0 Å². The maximum atomic E-state index is 12.3. The van der Waals surface area contributed by atoms with Gasteiger partial charge in [-0.1, -0.05) is 58.4 Å². The van der Waals surface area contributed by atoms with Crippen LogP contribution >= 0.6 is 28.3 Å². The first-order chi connectivity index (χ1) is 11.1. The largest absolute Gasteiger partial charge is 0.380 e. The third-order valence-electron chi connectivity index (χ3n) is 3.65. The Morgan fingerprint density at radius 1 is 1.12 bits per heavy atom. The van der Waals surface area contributed by atoms with Gasteiger partial charge in [-0.2, -0.15) is 0 Å². The number of methoxy groups -OCH3 is 1. The van der Waals surface area contributed by atoms with Crippen molar-refractivity contribution in [1.29, 1.82) is 0 Å². The summed E-state index contributed by atoms with van der Waals surface area (Å²) in [5.41, 5.74) is 7.65. The highest BCUT2D eigenvalue weighted by Gasteiger charge is 2.19. The van der Waals surface area contributed by atoms with Crippen molar-refractivity contribution >= 4 is 34.2 Å². The SMILES string of the molecule is COC(CN)CC(=O)NC(c1ccccc1)c1ccc(Br)cc1.Cl. The maximum absolute atomic E-state index is 12.3. The molecule has 6 heteroatoms. The molecule has 0 bridgehead atoms. The first-order valence-corrected chi connectivity index (χ1v) is 8.26. The Kier molecular flexibility index (Phi) is 9.00. The van der Waals surface area contributed by atoms with Crippen molar-refractivity contribution in [3.05, 3.63) is 70.2 Å². The lowest BCUT2D eigenvalue weighted by Crippen LogP contribution is -2.34. The lowest BCUT2D eigenvalue weighted by Gasteiger charge is -2.21. The summed E-state index contributed by atoms with van der Waals surface area (Å²) in [6, 6.07) is 17.6. The third-order valence-corrected chi connectivity index (χ3v) is 4.18. The molecular weight excluding hydrogens is 392 g/mol. The molecule has 2 rings (SSSR count). The fourth-order valence-electron chi connectivity index (χ4n) is 2.35. The first kappa shape index (κ1) is 20.6. The summed E-state index contributed by atoms with van der Waals surface area (Å²) in [6.45, 7) is 0.318. The van der Waals surface area contributed by atoms with E-state index in [9.17, 15) is 4.79 Å². The van der Waals surface area contributed by atoms with Gasteiger partial charge in [0.2, 0.25) is 5.91 Å². The average molecular weight is 414 g/mol. The van der Waals surface area contributed by atoms with E-state index < -0.39 is 0 Å². The minimum Gasteiger partial charge on any atom is -0.380 e. The Hall–Kier alpha value is -1.40. The van der Waals surface area contributed by atoms with E-state index in [0.717, 1.165) is 15.6 Å². The van der Waals surface area contributed by atoms with Crippen LogP contribution in [-0.4, -0.2) is 25.7 Å². The summed E-state index contributed by atoms with van der Waals surface area (Å²) in [7, 11) is 1.56. The van der Waals surface area contributed by atoms with Crippen molar-refractivity contribution in [2.75, 3.05) is 13.7 Å². The van der Waals surface area contributed by atoms with Gasteiger partial charge in [-0.3, -0.25) is 4.79 Å². The monoisotopic (exact) mass is 412 g/mol. The molecule has 130 valence electrons. The number of amides is 1. The second-order valence-corrected chi connectivity index (χ2v) is 6.18. The zero-order chi connectivity index (χ0) is 16.7. The number of hydrogen-bond donors (Lipinski definition) is 2. The summed E-state index contributed by atoms with van der Waals surface area (Å²) < 4.78 is 6.19. The number of halogens is 2. The van der Waals surface area contributed by atoms with Crippen LogP contribution in [0.4, 0.5) is 0 Å². The molecule has 2 aromatic rings. The zero-order valence-electron chi connectivity index (χ0n) is 13.4. The Balaban J connectivity index is 0.00000288. The molecule has 2 unspecified atom stereocenters. The van der Waals surface area contributed by atoms with Crippen molar-refractivity contribution in [1.82, 2.24) is 5.32 Å². The molecule has 0 aliphatic carbocycles. The Labute approximate surface area is 157 Å². The van der Waals surface area contributed by atoms with Gasteiger partial charge in [-0.15, -0.1) is 12.4 Å². The van der Waals surface area contributed by atoms with Crippen molar-refractivity contribution in [3.8, 4) is 0 Å². The predicted octanol–water partition coefficient (Wildman–Crippen LogP) is 3.44. The van der Waals surface area contributed by atoms with Crippen LogP contribution in [-0.2, 0) is 9.53 Å². The van der Waals surface area contributed by atoms with E-state index >= 15 is 0 Å². The fraction of sp³-hybridized carbons (Fsp3) is 0.278. The normalized spacial score (nSPS) is 12.8. The van der Waals surface area contributed by atoms with E-state index in [1.807, 2.05) is 54.6 Å². The molecule has 0 radical (unpaired) electrons. The molecule has 0 aromatic heterocycles. The molecule has 2 atom stereocenters. The molecule has 24 heavy (non-hydrogen) atoms. The summed E-state index contributed by atoms with van der Waals surface area (Å²) in [6.07, 6.45) is -0.0244. The van der Waals surface area contributed by atoms with Crippen LogP contribution in [0.25, 0.3) is 0 Å². The third kappa shape index (κ3) is 5.91. The van der Waals surface area contributed by atoms with Crippen LogP contribution < -0.4 is 11.1 Å². The standard InChI is InChI=1S/C18H21BrN2O2.ClH/c1-23-16(12-20)11-17(22)21-18(13-5-3-2-4-6-13)14-7-9-15(19)10-8-14;/h2-10,16,18H,11-12,20H2,1H3,(H,21,22);1H. The van der Waals surface area contributed by atoms with Gasteiger partial charge >= 0.3 is 0 Å². The van der Waals surface area contributed by atoms with Crippen LogP contribution in [0.15, 0.2) is 59.1 Å². The molecule has 3 N–H and O–H groups in total. The van der Waals surface area contributed by atoms with Gasteiger partial charge in [0.1, 0.15) is 0 Å². The second kappa shape index (κ2) is 10.5. The van der Waals surface area contributed by atoms with Gasteiger partial charge in [0, 0.05) is 18.1 Å². The summed E-state index contributed by atoms with van der Waals surface area (Å²) in [5.74, 6) is -0.0842. The number of hydrogen-bond acceptors (Lipinski definition) is 3. The van der Waals surface area contributed by atoms with Gasteiger partial charge in [0.15, 0.2) is 0 Å². The number of carbonyl (C=O) groups excluding carboxylic acids is 1. The molecule has 4 nitrogen and oxygen atoms in total. The molecule has 0 saturated heterocycles. The molecule has 2 aromatic carbocycles. The maximum Gasteiger partial charge on any atom is 0.223 e. The van der Waals surface area contributed by atoms with Gasteiger partial charge in [0.05, 0.1) is 18.6 Å². The molecule has 0 aliphatic heterocycles. The Morgan fingerprint density at radius 3 is 2.25 bits per heavy atom. The van der Waals surface area contributed by atoms with Crippen LogP contribution in [0.5, 0.6) is 0 Å². The number of carbonyl (C=O) groups is 1. The summed E-state index contributed by atoms with van der Waals surface area (Å²) in [4.78, 5) is 12.3. The van der Waals surface area contributed by atoms with Crippen molar-refractivity contribution in [2.24, 2.45) is 5.73 Å². The van der Waals surface area contributed by atoms with Crippen LogP contribution in [0, 0.1) is 0 Å². The Bertz CT molecular complexity index is 619. The van der Waals surface area contributed by atoms with E-state index in [1.54, 1.807) is 7.11 Å².